The first-order valence-corrected chi connectivity index (χ1v) is 4.94. The summed E-state index contributed by atoms with van der Waals surface area (Å²) in [5.41, 5.74) is 0. The molecule has 0 saturated heterocycles. The highest BCUT2D eigenvalue weighted by Gasteiger charge is 2.03. The van der Waals surface area contributed by atoms with Gasteiger partial charge in [-0.05, 0) is 19.8 Å². The van der Waals surface area contributed by atoms with Gasteiger partial charge >= 0.3 is 0 Å². The van der Waals surface area contributed by atoms with Crippen LogP contribution in [-0.4, -0.2) is 40.9 Å². The Balaban J connectivity index is 0. The molecule has 0 radical (unpaired) electrons. The molecule has 0 heterocycles. The lowest BCUT2D eigenvalue weighted by atomic mass is 10.1. The maximum atomic E-state index is 9.81. The van der Waals surface area contributed by atoms with Gasteiger partial charge < -0.3 is 20.1 Å². The minimum absolute atomic E-state index is 0.0104. The monoisotopic (exact) mass is 206 g/mol. The zero-order valence-electron chi connectivity index (χ0n) is 9.07. The fraction of sp³-hybridized carbons (Fsp3) is 0.900. The van der Waals surface area contributed by atoms with E-state index in [1.54, 1.807) is 6.92 Å². The van der Waals surface area contributed by atoms with Gasteiger partial charge in [-0.25, -0.2) is 0 Å². The lowest BCUT2D eigenvalue weighted by Crippen LogP contribution is -2.11. The van der Waals surface area contributed by atoms with Crippen LogP contribution in [0.3, 0.4) is 0 Å². The van der Waals surface area contributed by atoms with E-state index < -0.39 is 0 Å². The fourth-order valence-electron chi connectivity index (χ4n) is 0.620. The number of hydrogen-bond donors (Lipinski definition) is 3. The Bertz CT molecular complexity index is 121. The van der Waals surface area contributed by atoms with E-state index >= 15 is 0 Å². The van der Waals surface area contributed by atoms with Gasteiger partial charge in [0.25, 0.3) is 0 Å². The minimum atomic E-state index is -0.0443. The van der Waals surface area contributed by atoms with Gasteiger partial charge in [-0.1, -0.05) is 6.92 Å². The first kappa shape index (κ1) is 16.0. The second kappa shape index (κ2) is 12.6. The molecule has 0 fully saturated rings. The molecule has 0 rings (SSSR count). The van der Waals surface area contributed by atoms with Gasteiger partial charge in [-0.3, -0.25) is 0 Å². The van der Waals surface area contributed by atoms with Gasteiger partial charge in [0.15, 0.2) is 0 Å². The van der Waals surface area contributed by atoms with Crippen LogP contribution in [0.1, 0.15) is 33.1 Å². The van der Waals surface area contributed by atoms with E-state index in [0.29, 0.717) is 19.3 Å². The lowest BCUT2D eigenvalue weighted by molar-refractivity contribution is -0.116. The molecular weight excluding hydrogens is 184 g/mol. The van der Waals surface area contributed by atoms with Crippen molar-refractivity contribution in [2.45, 2.75) is 33.1 Å². The number of aliphatic hydroxyl groups excluding tert-OH is 3. The molecule has 0 aromatic heterocycles. The van der Waals surface area contributed by atoms with Crippen LogP contribution in [0.5, 0.6) is 0 Å². The summed E-state index contributed by atoms with van der Waals surface area (Å²) in [6, 6.07) is 0. The summed E-state index contributed by atoms with van der Waals surface area (Å²) >= 11 is 0. The zero-order chi connectivity index (χ0) is 11.4. The van der Waals surface area contributed by atoms with Crippen molar-refractivity contribution >= 4 is 5.78 Å². The van der Waals surface area contributed by atoms with E-state index in [9.17, 15) is 4.79 Å². The quantitative estimate of drug-likeness (QED) is 0.586. The van der Waals surface area contributed by atoms with Crippen molar-refractivity contribution in [3.05, 3.63) is 0 Å². The van der Waals surface area contributed by atoms with Gasteiger partial charge in [0.05, 0.1) is 0 Å². The van der Waals surface area contributed by atoms with E-state index in [4.69, 9.17) is 15.3 Å². The molecule has 4 heteroatoms. The molecule has 0 aromatic rings. The summed E-state index contributed by atoms with van der Waals surface area (Å²) in [6.45, 7) is 3.59. The SMILES string of the molecule is CCC(C)=O.OCCCC(CO)CO. The molecular formula is C10H22O4. The maximum Gasteiger partial charge on any atom is 0.129 e. The molecule has 0 bridgehead atoms. The van der Waals surface area contributed by atoms with Gasteiger partial charge in [0.2, 0.25) is 0 Å². The molecule has 0 spiro atoms. The van der Waals surface area contributed by atoms with Gasteiger partial charge in [-0.2, -0.15) is 0 Å². The predicted octanol–water partition coefficient (Wildman–Crippen LogP) is 0.345. The second-order valence-corrected chi connectivity index (χ2v) is 3.15. The van der Waals surface area contributed by atoms with Gasteiger partial charge in [0.1, 0.15) is 5.78 Å². The first-order valence-electron chi connectivity index (χ1n) is 4.94. The molecule has 14 heavy (non-hydrogen) atoms. The molecule has 0 aliphatic heterocycles. The zero-order valence-corrected chi connectivity index (χ0v) is 9.07. The van der Waals surface area contributed by atoms with Crippen molar-refractivity contribution in [2.24, 2.45) is 5.92 Å². The number of ketones is 1. The molecule has 0 aliphatic carbocycles. The Morgan fingerprint density at radius 2 is 1.64 bits per heavy atom. The number of carbonyl (C=O) groups excluding carboxylic acids is 1. The van der Waals surface area contributed by atoms with Crippen LogP contribution in [-0.2, 0) is 4.79 Å². The van der Waals surface area contributed by atoms with Gasteiger partial charge in [-0.15, -0.1) is 0 Å². The summed E-state index contributed by atoms with van der Waals surface area (Å²) < 4.78 is 0. The van der Waals surface area contributed by atoms with Crippen LogP contribution in [0.4, 0.5) is 0 Å². The molecule has 0 atom stereocenters. The van der Waals surface area contributed by atoms with Crippen LogP contribution in [0.2, 0.25) is 0 Å². The Morgan fingerprint density at radius 1 is 1.21 bits per heavy atom. The van der Waals surface area contributed by atoms with E-state index in [0.717, 1.165) is 0 Å². The molecule has 86 valence electrons. The molecule has 0 saturated carbocycles. The Hall–Kier alpha value is -0.450. The van der Waals surface area contributed by atoms with E-state index in [-0.39, 0.29) is 31.5 Å². The Kier molecular flexibility index (Phi) is 14.3. The number of rotatable bonds is 6. The van der Waals surface area contributed by atoms with Crippen molar-refractivity contribution < 1.29 is 20.1 Å². The smallest absolute Gasteiger partial charge is 0.129 e. The van der Waals surface area contributed by atoms with Crippen molar-refractivity contribution in [3.63, 3.8) is 0 Å². The molecule has 0 aliphatic rings. The molecule has 3 N–H and O–H groups in total. The third-order valence-electron chi connectivity index (χ3n) is 1.78. The normalized spacial score (nSPS) is 9.57. The van der Waals surface area contributed by atoms with Crippen LogP contribution in [0, 0.1) is 5.92 Å². The summed E-state index contributed by atoms with van der Waals surface area (Å²) in [5, 5.41) is 25.4. The number of hydrogen-bond acceptors (Lipinski definition) is 4. The lowest BCUT2D eigenvalue weighted by Gasteiger charge is -2.07. The number of Topliss-reactive ketones (excluding diaryl/α,β-unsaturated/α-hetero) is 1. The topological polar surface area (TPSA) is 77.8 Å². The Morgan fingerprint density at radius 3 is 1.86 bits per heavy atom. The van der Waals surface area contributed by atoms with Crippen molar-refractivity contribution in [2.75, 3.05) is 19.8 Å². The molecule has 0 aromatic carbocycles. The summed E-state index contributed by atoms with van der Waals surface area (Å²) in [5.74, 6) is 0.210. The fourth-order valence-corrected chi connectivity index (χ4v) is 0.620. The maximum absolute atomic E-state index is 9.81. The number of aliphatic hydroxyl groups is 3. The van der Waals surface area contributed by atoms with E-state index in [2.05, 4.69) is 0 Å². The van der Waals surface area contributed by atoms with E-state index in [1.807, 2.05) is 6.92 Å². The van der Waals surface area contributed by atoms with Crippen molar-refractivity contribution in [3.8, 4) is 0 Å². The van der Waals surface area contributed by atoms with Crippen LogP contribution in [0.25, 0.3) is 0 Å². The average molecular weight is 206 g/mol. The number of carbonyl (C=O) groups is 1. The summed E-state index contributed by atoms with van der Waals surface area (Å²) in [6.07, 6.45) is 2.02. The summed E-state index contributed by atoms with van der Waals surface area (Å²) in [4.78, 5) is 9.81. The highest BCUT2D eigenvalue weighted by atomic mass is 16.3. The summed E-state index contributed by atoms with van der Waals surface area (Å²) in [7, 11) is 0. The van der Waals surface area contributed by atoms with Gasteiger partial charge in [0, 0.05) is 32.2 Å². The predicted molar refractivity (Wildman–Crippen MR) is 55.0 cm³/mol. The van der Waals surface area contributed by atoms with Crippen LogP contribution in [0.15, 0.2) is 0 Å². The van der Waals surface area contributed by atoms with E-state index in [1.165, 1.54) is 0 Å². The van der Waals surface area contributed by atoms with Crippen molar-refractivity contribution in [1.29, 1.82) is 0 Å². The molecule has 0 unspecified atom stereocenters. The van der Waals surface area contributed by atoms with Crippen molar-refractivity contribution in [1.82, 2.24) is 0 Å². The molecule has 0 amide bonds. The third-order valence-corrected chi connectivity index (χ3v) is 1.78. The highest BCUT2D eigenvalue weighted by Crippen LogP contribution is 2.02. The minimum Gasteiger partial charge on any atom is -0.396 e. The largest absolute Gasteiger partial charge is 0.396 e. The van der Waals surface area contributed by atoms with Crippen LogP contribution >= 0.6 is 0 Å². The standard InChI is InChI=1S/C6H14O3.C4H8O/c7-3-1-2-6(4-8)5-9;1-3-4(2)5/h6-9H,1-5H2;3H2,1-2H3. The van der Waals surface area contributed by atoms with Crippen LogP contribution < -0.4 is 0 Å². The Labute approximate surface area is 85.6 Å². The average Bonchev–Trinajstić information content (AvgIpc) is 2.20. The third kappa shape index (κ3) is 14.1. The second-order valence-electron chi connectivity index (χ2n) is 3.15. The first-order chi connectivity index (χ1) is 6.62. The highest BCUT2D eigenvalue weighted by molar-refractivity contribution is 5.74. The molecule has 4 nitrogen and oxygen atoms in total.